The van der Waals surface area contributed by atoms with Gasteiger partial charge in [-0.3, -0.25) is 13.9 Å². The van der Waals surface area contributed by atoms with Crippen molar-refractivity contribution < 1.29 is 4.84 Å². The van der Waals surface area contributed by atoms with Gasteiger partial charge in [0.15, 0.2) is 17.3 Å². The maximum absolute atomic E-state index is 12.5. The zero-order chi connectivity index (χ0) is 17.6. The van der Waals surface area contributed by atoms with E-state index in [1.807, 2.05) is 30.3 Å². The molecule has 1 aliphatic heterocycles. The lowest BCUT2D eigenvalue weighted by Crippen LogP contribution is -2.37. The Morgan fingerprint density at radius 2 is 1.92 bits per heavy atom. The molecule has 8 heteroatoms. The molecule has 0 saturated heterocycles. The molecule has 2 aromatic heterocycles. The molecule has 25 heavy (non-hydrogen) atoms. The van der Waals surface area contributed by atoms with Crippen LogP contribution in [0, 0.1) is 0 Å². The first kappa shape index (κ1) is 15.4. The molecular formula is C17H17N5O3. The number of oxime groups is 1. The Labute approximate surface area is 142 Å². The molecule has 0 N–H and O–H groups in total. The largest absolute Gasteiger partial charge is 0.390 e. The first-order chi connectivity index (χ1) is 12.1. The summed E-state index contributed by atoms with van der Waals surface area (Å²) in [5.41, 5.74) is 1.91. The van der Waals surface area contributed by atoms with E-state index in [-0.39, 0.29) is 11.7 Å². The third-order valence-corrected chi connectivity index (χ3v) is 4.46. The summed E-state index contributed by atoms with van der Waals surface area (Å²) in [5.74, 6) is 0. The average molecular weight is 339 g/mol. The van der Waals surface area contributed by atoms with Crippen LogP contribution < -0.4 is 11.2 Å². The molecule has 0 aliphatic carbocycles. The fraction of sp³-hybridized carbons (Fsp3) is 0.294. The molecule has 1 aromatic carbocycles. The highest BCUT2D eigenvalue weighted by Crippen LogP contribution is 2.19. The SMILES string of the molecule is Cn1c(=O)c2c(ncn2CC2CC(c3ccccc3)=NO2)n(C)c1=O. The van der Waals surface area contributed by atoms with Gasteiger partial charge in [-0.15, -0.1) is 0 Å². The van der Waals surface area contributed by atoms with Crippen LogP contribution in [0.3, 0.4) is 0 Å². The van der Waals surface area contributed by atoms with E-state index in [1.54, 1.807) is 17.9 Å². The summed E-state index contributed by atoms with van der Waals surface area (Å²) < 4.78 is 4.18. The molecule has 1 aliphatic rings. The fourth-order valence-electron chi connectivity index (χ4n) is 3.08. The number of fused-ring (bicyclic) bond motifs is 1. The van der Waals surface area contributed by atoms with E-state index in [1.165, 1.54) is 11.6 Å². The van der Waals surface area contributed by atoms with Crippen LogP contribution in [-0.2, 0) is 25.5 Å². The standard InChI is InChI=1S/C17H17N5O3/c1-20-15-14(16(23)21(2)17(20)24)22(10-18-15)9-12-8-13(19-25-12)11-6-4-3-5-7-11/h3-7,10,12H,8-9H2,1-2H3. The van der Waals surface area contributed by atoms with E-state index in [9.17, 15) is 9.59 Å². The third-order valence-electron chi connectivity index (χ3n) is 4.46. The van der Waals surface area contributed by atoms with Crippen LogP contribution >= 0.6 is 0 Å². The number of benzene rings is 1. The van der Waals surface area contributed by atoms with Crippen LogP contribution in [0.15, 0.2) is 51.4 Å². The first-order valence-electron chi connectivity index (χ1n) is 7.95. The summed E-state index contributed by atoms with van der Waals surface area (Å²) in [5, 5.41) is 4.16. The number of aromatic nitrogens is 4. The molecule has 0 amide bonds. The van der Waals surface area contributed by atoms with Gasteiger partial charge >= 0.3 is 5.69 Å². The summed E-state index contributed by atoms with van der Waals surface area (Å²) in [7, 11) is 3.06. The van der Waals surface area contributed by atoms with E-state index in [2.05, 4.69) is 10.1 Å². The molecule has 4 rings (SSSR count). The smallest absolute Gasteiger partial charge is 0.332 e. The molecule has 0 bridgehead atoms. The van der Waals surface area contributed by atoms with E-state index >= 15 is 0 Å². The van der Waals surface area contributed by atoms with Crippen molar-refractivity contribution >= 4 is 16.9 Å². The molecule has 3 aromatic rings. The van der Waals surface area contributed by atoms with Crippen LogP contribution in [0.4, 0.5) is 0 Å². The van der Waals surface area contributed by atoms with Crippen molar-refractivity contribution in [3.8, 4) is 0 Å². The van der Waals surface area contributed by atoms with Gasteiger partial charge in [0.1, 0.15) is 0 Å². The number of hydrogen-bond donors (Lipinski definition) is 0. The van der Waals surface area contributed by atoms with E-state index in [0.717, 1.165) is 15.8 Å². The van der Waals surface area contributed by atoms with Gasteiger partial charge in [-0.05, 0) is 5.56 Å². The number of rotatable bonds is 3. The molecule has 0 spiro atoms. The molecular weight excluding hydrogens is 322 g/mol. The number of aryl methyl sites for hydroxylation is 1. The predicted molar refractivity (Wildman–Crippen MR) is 92.7 cm³/mol. The van der Waals surface area contributed by atoms with Crippen molar-refractivity contribution in [1.82, 2.24) is 18.7 Å². The lowest BCUT2D eigenvalue weighted by atomic mass is 10.1. The Hall–Kier alpha value is -3.16. The van der Waals surface area contributed by atoms with E-state index in [0.29, 0.717) is 24.1 Å². The predicted octanol–water partition coefficient (Wildman–Crippen LogP) is 0.627. The second-order valence-corrected chi connectivity index (χ2v) is 6.11. The van der Waals surface area contributed by atoms with Crippen LogP contribution in [-0.4, -0.2) is 30.5 Å². The normalized spacial score (nSPS) is 16.9. The van der Waals surface area contributed by atoms with Crippen LogP contribution in [0.5, 0.6) is 0 Å². The minimum atomic E-state index is -0.394. The Kier molecular flexibility index (Phi) is 3.52. The summed E-state index contributed by atoms with van der Waals surface area (Å²) in [4.78, 5) is 34.2. The molecule has 0 fully saturated rings. The second kappa shape index (κ2) is 5.73. The van der Waals surface area contributed by atoms with E-state index in [4.69, 9.17) is 4.84 Å². The molecule has 3 heterocycles. The van der Waals surface area contributed by atoms with Crippen molar-refractivity contribution in [2.45, 2.75) is 19.1 Å². The van der Waals surface area contributed by atoms with Crippen molar-refractivity contribution in [2.24, 2.45) is 19.3 Å². The number of nitrogens with zero attached hydrogens (tertiary/aromatic N) is 5. The topological polar surface area (TPSA) is 83.4 Å². The van der Waals surface area contributed by atoms with Gasteiger partial charge in [0, 0.05) is 20.5 Å². The van der Waals surface area contributed by atoms with Gasteiger partial charge in [0.25, 0.3) is 5.56 Å². The zero-order valence-corrected chi connectivity index (χ0v) is 13.9. The van der Waals surface area contributed by atoms with Gasteiger partial charge in [-0.2, -0.15) is 0 Å². The van der Waals surface area contributed by atoms with Gasteiger partial charge in [0.05, 0.1) is 18.6 Å². The van der Waals surface area contributed by atoms with Crippen LogP contribution in [0.25, 0.3) is 11.2 Å². The van der Waals surface area contributed by atoms with Gasteiger partial charge < -0.3 is 9.40 Å². The quantitative estimate of drug-likeness (QED) is 0.700. The Bertz CT molecular complexity index is 1090. The monoisotopic (exact) mass is 339 g/mol. The number of hydrogen-bond acceptors (Lipinski definition) is 5. The molecule has 0 radical (unpaired) electrons. The highest BCUT2D eigenvalue weighted by molar-refractivity contribution is 6.01. The maximum atomic E-state index is 12.5. The molecule has 128 valence electrons. The second-order valence-electron chi connectivity index (χ2n) is 6.11. The van der Waals surface area contributed by atoms with Crippen molar-refractivity contribution in [3.63, 3.8) is 0 Å². The lowest BCUT2D eigenvalue weighted by Gasteiger charge is -2.10. The Balaban J connectivity index is 1.63. The van der Waals surface area contributed by atoms with Gasteiger partial charge in [-0.25, -0.2) is 9.78 Å². The summed E-state index contributed by atoms with van der Waals surface area (Å²) in [6, 6.07) is 9.85. The van der Waals surface area contributed by atoms with Crippen LogP contribution in [0.1, 0.15) is 12.0 Å². The maximum Gasteiger partial charge on any atom is 0.332 e. The van der Waals surface area contributed by atoms with E-state index < -0.39 is 5.69 Å². The summed E-state index contributed by atoms with van der Waals surface area (Å²) >= 11 is 0. The first-order valence-corrected chi connectivity index (χ1v) is 7.95. The highest BCUT2D eigenvalue weighted by atomic mass is 16.6. The Morgan fingerprint density at radius 1 is 1.16 bits per heavy atom. The van der Waals surface area contributed by atoms with Crippen LogP contribution in [0.2, 0.25) is 0 Å². The van der Waals surface area contributed by atoms with Crippen molar-refractivity contribution in [3.05, 3.63) is 63.1 Å². The van der Waals surface area contributed by atoms with Gasteiger partial charge in [-0.1, -0.05) is 35.5 Å². The van der Waals surface area contributed by atoms with Gasteiger partial charge in [0.2, 0.25) is 0 Å². The number of imidazole rings is 1. The summed E-state index contributed by atoms with van der Waals surface area (Å²) in [6.45, 7) is 0.434. The molecule has 8 nitrogen and oxygen atoms in total. The minimum Gasteiger partial charge on any atom is -0.390 e. The molecule has 1 atom stereocenters. The van der Waals surface area contributed by atoms with Crippen molar-refractivity contribution in [1.29, 1.82) is 0 Å². The molecule has 0 saturated carbocycles. The van der Waals surface area contributed by atoms with Crippen molar-refractivity contribution in [2.75, 3.05) is 0 Å². The Morgan fingerprint density at radius 3 is 2.68 bits per heavy atom. The molecule has 1 unspecified atom stereocenters. The average Bonchev–Trinajstić information content (AvgIpc) is 3.27. The summed E-state index contributed by atoms with van der Waals surface area (Å²) in [6.07, 6.45) is 2.03. The fourth-order valence-corrected chi connectivity index (χ4v) is 3.08. The lowest BCUT2D eigenvalue weighted by molar-refractivity contribution is 0.0733. The third kappa shape index (κ3) is 2.46. The minimum absolute atomic E-state index is 0.186. The zero-order valence-electron chi connectivity index (χ0n) is 13.9. The highest BCUT2D eigenvalue weighted by Gasteiger charge is 2.24.